The van der Waals surface area contributed by atoms with Gasteiger partial charge in [0.05, 0.1) is 17.5 Å². The van der Waals surface area contributed by atoms with Crippen molar-refractivity contribution >= 4 is 17.6 Å². The number of hydrogen-bond acceptors (Lipinski definition) is 2. The van der Waals surface area contributed by atoms with Crippen LogP contribution < -0.4 is 5.32 Å². The molecule has 0 radical (unpaired) electrons. The quantitative estimate of drug-likeness (QED) is 0.830. The molecule has 0 aromatic heterocycles. The van der Waals surface area contributed by atoms with Crippen LogP contribution in [-0.2, 0) is 9.59 Å². The van der Waals surface area contributed by atoms with Crippen molar-refractivity contribution in [1.29, 1.82) is 0 Å². The molecule has 1 aromatic carbocycles. The molecule has 0 saturated heterocycles. The van der Waals surface area contributed by atoms with Gasteiger partial charge in [-0.1, -0.05) is 11.1 Å². The summed E-state index contributed by atoms with van der Waals surface area (Å²) in [5.74, 6) is -4.84. The fraction of sp³-hybridized carbons (Fsp3) is 0.444. The lowest BCUT2D eigenvalue weighted by atomic mass is 9.78. The third-order valence-corrected chi connectivity index (χ3v) is 5.19. The molecule has 2 fully saturated rings. The minimum Gasteiger partial charge on any atom is -0.481 e. The van der Waals surface area contributed by atoms with Crippen LogP contribution in [0.2, 0.25) is 0 Å². The number of aliphatic carboxylic acids is 1. The first-order chi connectivity index (χ1) is 11.3. The number of carbonyl (C=O) groups is 2. The van der Waals surface area contributed by atoms with Crippen LogP contribution in [0, 0.1) is 35.3 Å². The lowest BCUT2D eigenvalue weighted by Crippen LogP contribution is -2.38. The number of halogens is 2. The normalized spacial score (nSPS) is 28.1. The van der Waals surface area contributed by atoms with Crippen LogP contribution in [0.1, 0.15) is 26.7 Å². The number of carbonyl (C=O) groups excluding carboxylic acids is 1. The van der Waals surface area contributed by atoms with Gasteiger partial charge in [-0.15, -0.1) is 0 Å². The van der Waals surface area contributed by atoms with E-state index in [2.05, 4.69) is 5.32 Å². The van der Waals surface area contributed by atoms with Gasteiger partial charge < -0.3 is 10.4 Å². The minimum absolute atomic E-state index is 0.141. The summed E-state index contributed by atoms with van der Waals surface area (Å²) < 4.78 is 27.0. The number of fused-ring (bicyclic) bond motifs is 2. The van der Waals surface area contributed by atoms with Gasteiger partial charge in [-0.25, -0.2) is 8.78 Å². The predicted octanol–water partition coefficient (Wildman–Crippen LogP) is 3.60. The average Bonchev–Trinajstić information content (AvgIpc) is 3.06. The Kier molecular flexibility index (Phi) is 4.15. The number of hydrogen-bond donors (Lipinski definition) is 2. The van der Waals surface area contributed by atoms with E-state index in [1.165, 1.54) is 0 Å². The van der Waals surface area contributed by atoms with E-state index in [0.29, 0.717) is 0 Å². The highest BCUT2D eigenvalue weighted by atomic mass is 19.1. The zero-order valence-corrected chi connectivity index (χ0v) is 13.5. The summed E-state index contributed by atoms with van der Waals surface area (Å²) in [7, 11) is 0. The highest BCUT2D eigenvalue weighted by Gasteiger charge is 2.57. The van der Waals surface area contributed by atoms with Crippen LogP contribution in [-0.4, -0.2) is 17.0 Å². The van der Waals surface area contributed by atoms with Crippen LogP contribution >= 0.6 is 0 Å². The number of amides is 1. The second-order valence-electron chi connectivity index (χ2n) is 6.75. The van der Waals surface area contributed by atoms with E-state index in [1.807, 2.05) is 13.8 Å². The van der Waals surface area contributed by atoms with Crippen molar-refractivity contribution in [3.8, 4) is 0 Å². The number of allylic oxidation sites excluding steroid dienone is 2. The molecule has 0 spiro atoms. The van der Waals surface area contributed by atoms with E-state index in [4.69, 9.17) is 0 Å². The Bertz CT molecular complexity index is 740. The summed E-state index contributed by atoms with van der Waals surface area (Å²) in [5.41, 5.74) is 1.83. The van der Waals surface area contributed by atoms with Gasteiger partial charge in [0.15, 0.2) is 0 Å². The Morgan fingerprint density at radius 3 is 2.33 bits per heavy atom. The number of benzene rings is 1. The number of carboxylic acid groups (broad SMARTS) is 1. The number of nitrogens with one attached hydrogen (secondary N) is 1. The van der Waals surface area contributed by atoms with Gasteiger partial charge in [0.2, 0.25) is 5.91 Å². The lowest BCUT2D eigenvalue weighted by molar-refractivity contribution is -0.148. The van der Waals surface area contributed by atoms with E-state index in [0.717, 1.165) is 42.2 Å². The van der Waals surface area contributed by atoms with Crippen molar-refractivity contribution in [1.82, 2.24) is 0 Å². The Balaban J connectivity index is 1.92. The van der Waals surface area contributed by atoms with Gasteiger partial charge in [-0.05, 0) is 50.7 Å². The molecule has 4 unspecified atom stereocenters. The molecule has 0 heterocycles. The lowest BCUT2D eigenvalue weighted by Gasteiger charge is -2.26. The van der Waals surface area contributed by atoms with Crippen LogP contribution in [0.25, 0.3) is 0 Å². The predicted molar refractivity (Wildman–Crippen MR) is 84.2 cm³/mol. The minimum atomic E-state index is -1.01. The molecular formula is C18H19F2NO3. The fourth-order valence-electron chi connectivity index (χ4n) is 4.41. The molecule has 4 nitrogen and oxygen atoms in total. The summed E-state index contributed by atoms with van der Waals surface area (Å²) in [6, 6.07) is 2.80. The summed E-state index contributed by atoms with van der Waals surface area (Å²) in [6.45, 7) is 3.85. The number of rotatable bonds is 3. The summed E-state index contributed by atoms with van der Waals surface area (Å²) >= 11 is 0. The molecule has 2 aliphatic carbocycles. The second kappa shape index (κ2) is 6.00. The third-order valence-electron chi connectivity index (χ3n) is 5.19. The van der Waals surface area contributed by atoms with Gasteiger partial charge in [0, 0.05) is 6.07 Å². The summed E-state index contributed by atoms with van der Waals surface area (Å²) in [4.78, 5) is 24.4. The van der Waals surface area contributed by atoms with Crippen molar-refractivity contribution in [2.45, 2.75) is 26.7 Å². The smallest absolute Gasteiger partial charge is 0.307 e. The molecule has 2 N–H and O–H groups in total. The van der Waals surface area contributed by atoms with E-state index in [9.17, 15) is 23.5 Å². The third kappa shape index (κ3) is 2.60. The Labute approximate surface area is 138 Å². The van der Waals surface area contributed by atoms with Crippen molar-refractivity contribution < 1.29 is 23.5 Å². The van der Waals surface area contributed by atoms with Gasteiger partial charge in [0.25, 0.3) is 0 Å². The Morgan fingerprint density at radius 2 is 1.75 bits per heavy atom. The highest BCUT2D eigenvalue weighted by molar-refractivity contribution is 5.96. The van der Waals surface area contributed by atoms with Crippen LogP contribution in [0.15, 0.2) is 29.3 Å². The molecular weight excluding hydrogens is 316 g/mol. The largest absolute Gasteiger partial charge is 0.481 e. The van der Waals surface area contributed by atoms with Crippen molar-refractivity contribution in [3.05, 3.63) is 41.0 Å². The first-order valence-electron chi connectivity index (χ1n) is 7.97. The van der Waals surface area contributed by atoms with Crippen molar-refractivity contribution in [2.75, 3.05) is 5.32 Å². The molecule has 1 amide bonds. The molecule has 1 aromatic rings. The van der Waals surface area contributed by atoms with E-state index >= 15 is 0 Å². The number of carboxylic acids is 1. The van der Waals surface area contributed by atoms with Gasteiger partial charge >= 0.3 is 5.97 Å². The monoisotopic (exact) mass is 335 g/mol. The first-order valence-corrected chi connectivity index (χ1v) is 7.97. The molecule has 2 saturated carbocycles. The highest BCUT2D eigenvalue weighted by Crippen LogP contribution is 2.57. The van der Waals surface area contributed by atoms with Crippen LogP contribution in [0.3, 0.4) is 0 Å². The fourth-order valence-corrected chi connectivity index (χ4v) is 4.41. The first kappa shape index (κ1) is 16.6. The van der Waals surface area contributed by atoms with Crippen LogP contribution in [0.5, 0.6) is 0 Å². The molecule has 128 valence electrons. The van der Waals surface area contributed by atoms with E-state index in [1.54, 1.807) is 0 Å². The summed E-state index contributed by atoms with van der Waals surface area (Å²) in [6.07, 6.45) is 1.50. The maximum atomic E-state index is 13.8. The van der Waals surface area contributed by atoms with E-state index in [-0.39, 0.29) is 17.5 Å². The maximum Gasteiger partial charge on any atom is 0.307 e. The van der Waals surface area contributed by atoms with Gasteiger partial charge in [0.1, 0.15) is 11.6 Å². The van der Waals surface area contributed by atoms with Gasteiger partial charge in [-0.3, -0.25) is 9.59 Å². The summed E-state index contributed by atoms with van der Waals surface area (Å²) in [5, 5.41) is 12.0. The second-order valence-corrected chi connectivity index (χ2v) is 6.75. The maximum absolute atomic E-state index is 13.8. The van der Waals surface area contributed by atoms with Gasteiger partial charge in [-0.2, -0.15) is 0 Å². The Hall–Kier alpha value is -2.24. The molecule has 3 rings (SSSR count). The average molecular weight is 335 g/mol. The standard InChI is InChI=1S/C18H19F2NO3/c1-8(2)14-10-4-5-11(14)16(18(23)24)15(10)17(22)21-13-7-9(19)3-6-12(13)20/h3,6-7,10-11,15-16H,4-5H2,1-2H3,(H,21,22)(H,23,24). The van der Waals surface area contributed by atoms with Crippen molar-refractivity contribution in [3.63, 3.8) is 0 Å². The molecule has 2 bridgehead atoms. The van der Waals surface area contributed by atoms with Crippen molar-refractivity contribution in [2.24, 2.45) is 23.7 Å². The molecule has 4 atom stereocenters. The molecule has 0 aliphatic heterocycles. The molecule has 2 aliphatic rings. The number of anilines is 1. The zero-order valence-electron chi connectivity index (χ0n) is 13.5. The van der Waals surface area contributed by atoms with E-state index < -0.39 is 35.3 Å². The molecule has 24 heavy (non-hydrogen) atoms. The zero-order chi connectivity index (χ0) is 17.6. The Morgan fingerprint density at radius 1 is 1.12 bits per heavy atom. The van der Waals surface area contributed by atoms with Crippen LogP contribution in [0.4, 0.5) is 14.5 Å². The SMILES string of the molecule is CC(C)=C1C2CCC1C(C(=O)Nc1cc(F)ccc1F)C2C(=O)O. The molecule has 6 heteroatoms. The topological polar surface area (TPSA) is 66.4 Å².